The van der Waals surface area contributed by atoms with Crippen molar-refractivity contribution >= 4 is 54.5 Å². The van der Waals surface area contributed by atoms with Crippen LogP contribution in [0.25, 0.3) is 0 Å². The first kappa shape index (κ1) is 9.99. The highest BCUT2D eigenvalue weighted by Crippen LogP contribution is 2.31. The minimum atomic E-state index is 1.17. The van der Waals surface area contributed by atoms with E-state index >= 15 is 0 Å². The highest BCUT2D eigenvalue weighted by Gasteiger charge is 2.06. The molecule has 0 aliphatic heterocycles. The van der Waals surface area contributed by atoms with Gasteiger partial charge in [-0.25, -0.2) is 0 Å². The molecule has 0 fully saturated rings. The molecule has 0 saturated heterocycles. The Morgan fingerprint density at radius 2 is 1.82 bits per heavy atom. The van der Waals surface area contributed by atoms with Gasteiger partial charge in [-0.2, -0.15) is 0 Å². The number of aryl methyl sites for hydroxylation is 1. The number of hydrogen-bond donors (Lipinski definition) is 0. The predicted molar refractivity (Wildman–Crippen MR) is 64.0 cm³/mol. The first-order valence-electron chi connectivity index (χ1n) is 3.14. The van der Waals surface area contributed by atoms with Gasteiger partial charge in [0.25, 0.3) is 0 Å². The van der Waals surface area contributed by atoms with Crippen molar-refractivity contribution in [3.05, 3.63) is 29.7 Å². The van der Waals surface area contributed by atoms with Gasteiger partial charge in [0.15, 0.2) is 0 Å². The van der Waals surface area contributed by atoms with E-state index in [4.69, 9.17) is 0 Å². The summed E-state index contributed by atoms with van der Waals surface area (Å²) in [4.78, 5) is 0. The molecule has 0 nitrogen and oxygen atoms in total. The molecule has 1 aromatic rings. The number of rotatable bonds is 0. The second kappa shape index (κ2) is 3.75. The first-order chi connectivity index (χ1) is 5.04. The maximum Gasteiger partial charge on any atom is 0.0351 e. The zero-order valence-electron chi connectivity index (χ0n) is 6.21. The summed E-state index contributed by atoms with van der Waals surface area (Å²) in [5.74, 6) is 0. The van der Waals surface area contributed by atoms with Crippen molar-refractivity contribution in [1.29, 1.82) is 0 Å². The Morgan fingerprint density at radius 3 is 2.36 bits per heavy atom. The van der Waals surface area contributed by atoms with Crippen molar-refractivity contribution in [2.24, 2.45) is 0 Å². The van der Waals surface area contributed by atoms with Gasteiger partial charge in [0.2, 0.25) is 0 Å². The maximum atomic E-state index is 3.54. The highest BCUT2D eigenvalue weighted by atomic mass is 127. The Hall–Kier alpha value is 0.910. The second-order valence-corrected chi connectivity index (χ2v) is 5.15. The van der Waals surface area contributed by atoms with Crippen molar-refractivity contribution in [2.75, 3.05) is 0 Å². The third-order valence-corrected chi connectivity index (χ3v) is 5.52. The van der Waals surface area contributed by atoms with E-state index in [1.807, 2.05) is 0 Å². The molecule has 0 amide bonds. The lowest BCUT2D eigenvalue weighted by molar-refractivity contribution is 1.30. The fraction of sp³-hybridized carbons (Fsp3) is 0.250. The number of hydrogen-bond acceptors (Lipinski definition) is 0. The lowest BCUT2D eigenvalue weighted by Gasteiger charge is -2.06. The summed E-state index contributed by atoms with van der Waals surface area (Å²) in [6.07, 6.45) is 0. The quantitative estimate of drug-likeness (QED) is 0.455. The van der Waals surface area contributed by atoms with E-state index in [0.717, 1.165) is 0 Å². The molecule has 11 heavy (non-hydrogen) atoms. The summed E-state index contributed by atoms with van der Waals surface area (Å²) in [7, 11) is 0. The SMILES string of the molecule is Cc1cc(Br)c(C)c(Br)c1I. The topological polar surface area (TPSA) is 0 Å². The van der Waals surface area contributed by atoms with Crippen molar-refractivity contribution in [1.82, 2.24) is 0 Å². The van der Waals surface area contributed by atoms with Crippen LogP contribution in [0.2, 0.25) is 0 Å². The van der Waals surface area contributed by atoms with Crippen LogP contribution < -0.4 is 0 Å². The van der Waals surface area contributed by atoms with Crippen LogP contribution in [0.3, 0.4) is 0 Å². The average molecular weight is 390 g/mol. The zero-order chi connectivity index (χ0) is 8.59. The van der Waals surface area contributed by atoms with Crippen molar-refractivity contribution in [3.8, 4) is 0 Å². The molecular formula is C8H7Br2I. The van der Waals surface area contributed by atoms with Crippen LogP contribution in [0.15, 0.2) is 15.0 Å². The van der Waals surface area contributed by atoms with Gasteiger partial charge in [0, 0.05) is 12.5 Å². The minimum Gasteiger partial charge on any atom is -0.0505 e. The van der Waals surface area contributed by atoms with Crippen LogP contribution in [-0.4, -0.2) is 0 Å². The molecule has 0 unspecified atom stereocenters. The van der Waals surface area contributed by atoms with Gasteiger partial charge in [-0.1, -0.05) is 15.9 Å². The molecule has 60 valence electrons. The third-order valence-electron chi connectivity index (χ3n) is 1.57. The molecule has 0 N–H and O–H groups in total. The minimum absolute atomic E-state index is 1.17. The Bertz CT molecular complexity index is 268. The Kier molecular flexibility index (Phi) is 3.40. The van der Waals surface area contributed by atoms with Crippen molar-refractivity contribution < 1.29 is 0 Å². The van der Waals surface area contributed by atoms with E-state index in [1.165, 1.54) is 23.6 Å². The summed E-state index contributed by atoms with van der Waals surface area (Å²) in [5.41, 5.74) is 2.56. The molecule has 0 aliphatic rings. The van der Waals surface area contributed by atoms with E-state index in [1.54, 1.807) is 0 Å². The van der Waals surface area contributed by atoms with Gasteiger partial charge < -0.3 is 0 Å². The zero-order valence-corrected chi connectivity index (χ0v) is 11.5. The van der Waals surface area contributed by atoms with E-state index in [9.17, 15) is 0 Å². The van der Waals surface area contributed by atoms with Gasteiger partial charge in [-0.05, 0) is 69.6 Å². The van der Waals surface area contributed by atoms with Crippen LogP contribution in [0.5, 0.6) is 0 Å². The molecule has 0 radical (unpaired) electrons. The first-order valence-corrected chi connectivity index (χ1v) is 5.81. The lowest BCUT2D eigenvalue weighted by atomic mass is 10.2. The Morgan fingerprint density at radius 1 is 1.27 bits per heavy atom. The van der Waals surface area contributed by atoms with Gasteiger partial charge in [-0.3, -0.25) is 0 Å². The molecule has 0 atom stereocenters. The van der Waals surface area contributed by atoms with Crippen molar-refractivity contribution in [2.45, 2.75) is 13.8 Å². The number of benzene rings is 1. The summed E-state index contributed by atoms with van der Waals surface area (Å²) >= 11 is 9.38. The highest BCUT2D eigenvalue weighted by molar-refractivity contribution is 14.1. The summed E-state index contributed by atoms with van der Waals surface area (Å²) in [6.45, 7) is 4.20. The average Bonchev–Trinajstić information content (AvgIpc) is 1.97. The molecule has 0 spiro atoms. The molecule has 0 heterocycles. The molecule has 0 aromatic heterocycles. The normalized spacial score (nSPS) is 10.3. The lowest BCUT2D eigenvalue weighted by Crippen LogP contribution is -1.87. The monoisotopic (exact) mass is 388 g/mol. The van der Waals surface area contributed by atoms with Crippen LogP contribution in [-0.2, 0) is 0 Å². The van der Waals surface area contributed by atoms with Crippen LogP contribution >= 0.6 is 54.5 Å². The standard InChI is InChI=1S/C8H7Br2I/c1-4-3-6(9)5(2)7(10)8(4)11/h3H,1-2H3. The smallest absolute Gasteiger partial charge is 0.0351 e. The summed E-state index contributed by atoms with van der Waals surface area (Å²) < 4.78 is 3.66. The molecule has 1 rings (SSSR count). The van der Waals surface area contributed by atoms with Crippen molar-refractivity contribution in [3.63, 3.8) is 0 Å². The predicted octanol–water partition coefficient (Wildman–Crippen LogP) is 4.43. The molecule has 0 saturated carbocycles. The van der Waals surface area contributed by atoms with Gasteiger partial charge in [-0.15, -0.1) is 0 Å². The fourth-order valence-electron chi connectivity index (χ4n) is 0.804. The van der Waals surface area contributed by atoms with Crippen LogP contribution in [0, 0.1) is 17.4 Å². The molecule has 0 aliphatic carbocycles. The third kappa shape index (κ3) is 1.98. The Labute approximate surface area is 97.2 Å². The van der Waals surface area contributed by atoms with Gasteiger partial charge in [0.1, 0.15) is 0 Å². The summed E-state index contributed by atoms with van der Waals surface area (Å²) in [6, 6.07) is 2.14. The van der Waals surface area contributed by atoms with E-state index in [2.05, 4.69) is 74.4 Å². The molecular weight excluding hydrogens is 383 g/mol. The largest absolute Gasteiger partial charge is 0.0505 e. The van der Waals surface area contributed by atoms with E-state index in [0.29, 0.717) is 0 Å². The molecule has 1 aromatic carbocycles. The van der Waals surface area contributed by atoms with E-state index in [-0.39, 0.29) is 0 Å². The second-order valence-electron chi connectivity index (χ2n) is 2.43. The van der Waals surface area contributed by atoms with Crippen LogP contribution in [0.4, 0.5) is 0 Å². The van der Waals surface area contributed by atoms with E-state index < -0.39 is 0 Å². The number of halogens is 3. The van der Waals surface area contributed by atoms with Gasteiger partial charge in [0.05, 0.1) is 0 Å². The summed E-state index contributed by atoms with van der Waals surface area (Å²) in [5, 5.41) is 0. The van der Waals surface area contributed by atoms with Crippen LogP contribution in [0.1, 0.15) is 11.1 Å². The molecule has 3 heteroatoms. The fourth-order valence-corrected chi connectivity index (χ4v) is 2.70. The molecule has 0 bridgehead atoms. The maximum absolute atomic E-state index is 3.54. The Balaban J connectivity index is 3.46. The van der Waals surface area contributed by atoms with Gasteiger partial charge >= 0.3 is 0 Å².